The lowest BCUT2D eigenvalue weighted by Gasteiger charge is -2.23. The molecule has 0 radical (unpaired) electrons. The molecule has 3 aromatic carbocycles. The van der Waals surface area contributed by atoms with Crippen molar-refractivity contribution >= 4 is 31.4 Å². The zero-order valence-electron chi connectivity index (χ0n) is 18.0. The molecule has 0 aliphatic carbocycles. The Labute approximate surface area is 196 Å². The third-order valence-corrected chi connectivity index (χ3v) is 8.37. The Bertz CT molecular complexity index is 1460. The Morgan fingerprint density at radius 2 is 1.59 bits per heavy atom. The molecule has 1 atom stereocenters. The van der Waals surface area contributed by atoms with E-state index in [9.17, 15) is 25.6 Å². The summed E-state index contributed by atoms with van der Waals surface area (Å²) in [7, 11) is -7.91. The van der Waals surface area contributed by atoms with Crippen molar-refractivity contribution in [2.45, 2.75) is 24.3 Å². The summed E-state index contributed by atoms with van der Waals surface area (Å²) in [6.07, 6.45) is -0.00771. The molecule has 0 aromatic heterocycles. The van der Waals surface area contributed by atoms with Crippen LogP contribution in [-0.2, 0) is 20.0 Å². The highest BCUT2D eigenvalue weighted by molar-refractivity contribution is 7.92. The molecule has 0 amide bonds. The van der Waals surface area contributed by atoms with E-state index >= 15 is 0 Å². The number of sulfonamides is 2. The fourth-order valence-corrected chi connectivity index (χ4v) is 5.71. The molecule has 0 spiro atoms. The minimum atomic E-state index is -4.29. The number of anilines is 1. The molecule has 7 nitrogen and oxygen atoms in total. The van der Waals surface area contributed by atoms with Gasteiger partial charge in [0.1, 0.15) is 11.6 Å². The Balaban J connectivity index is 1.84. The molecule has 0 saturated heterocycles. The molecular weight excluding hydrogens is 484 g/mol. The second kappa shape index (κ2) is 9.15. The van der Waals surface area contributed by atoms with Gasteiger partial charge >= 0.3 is 0 Å². The van der Waals surface area contributed by atoms with Gasteiger partial charge in [0, 0.05) is 17.5 Å². The zero-order valence-corrected chi connectivity index (χ0v) is 19.7. The first-order chi connectivity index (χ1) is 16.1. The molecule has 4 rings (SSSR count). The van der Waals surface area contributed by atoms with Crippen molar-refractivity contribution in [1.29, 1.82) is 0 Å². The highest BCUT2D eigenvalue weighted by Crippen LogP contribution is 2.39. The minimum absolute atomic E-state index is 0.00771. The normalized spacial score (nSPS) is 16.4. The van der Waals surface area contributed by atoms with Crippen LogP contribution in [0.3, 0.4) is 0 Å². The second-order valence-electron chi connectivity index (χ2n) is 7.57. The van der Waals surface area contributed by atoms with Crippen molar-refractivity contribution in [2.75, 3.05) is 10.5 Å². The van der Waals surface area contributed by atoms with E-state index in [1.165, 1.54) is 25.1 Å². The summed E-state index contributed by atoms with van der Waals surface area (Å²) in [6.45, 7) is 1.49. The van der Waals surface area contributed by atoms with Crippen LogP contribution >= 0.6 is 0 Å². The lowest BCUT2D eigenvalue weighted by atomic mass is 9.98. The van der Waals surface area contributed by atoms with Gasteiger partial charge in [-0.2, -0.15) is 17.9 Å². The fourth-order valence-electron chi connectivity index (χ4n) is 3.63. The fraction of sp³-hybridized carbons (Fsp3) is 0.174. The van der Waals surface area contributed by atoms with Crippen LogP contribution in [-0.4, -0.2) is 32.7 Å². The summed E-state index contributed by atoms with van der Waals surface area (Å²) < 4.78 is 82.6. The maximum Gasteiger partial charge on any atom is 0.279 e. The van der Waals surface area contributed by atoms with Crippen LogP contribution in [0.25, 0.3) is 0 Å². The molecule has 0 fully saturated rings. The number of rotatable bonds is 7. The van der Waals surface area contributed by atoms with Gasteiger partial charge in [0.15, 0.2) is 0 Å². The summed E-state index contributed by atoms with van der Waals surface area (Å²) in [6, 6.07) is 15.4. The van der Waals surface area contributed by atoms with Gasteiger partial charge < -0.3 is 0 Å². The molecule has 1 N–H and O–H groups in total. The smallest absolute Gasteiger partial charge is 0.279 e. The number of halogens is 2. The third-order valence-electron chi connectivity index (χ3n) is 5.38. The summed E-state index contributed by atoms with van der Waals surface area (Å²) in [4.78, 5) is -0.208. The number of hydrogen-bond acceptors (Lipinski definition) is 5. The van der Waals surface area contributed by atoms with Crippen LogP contribution in [0.4, 0.5) is 14.5 Å². The standard InChI is InChI=1S/C23H21F2N3O4S2/c1-2-33(29,30)27-21-10-6-4-8-19(21)22-15-23(18-7-3-5-9-20(18)25)28(26-22)34(31,32)17-13-11-16(24)12-14-17/h3-14,23,27H,2,15H2,1H3. The van der Waals surface area contributed by atoms with Crippen LogP contribution in [0.15, 0.2) is 82.8 Å². The van der Waals surface area contributed by atoms with Crippen LogP contribution in [0.2, 0.25) is 0 Å². The van der Waals surface area contributed by atoms with Gasteiger partial charge in [0.05, 0.1) is 28.1 Å². The van der Waals surface area contributed by atoms with Crippen LogP contribution in [0.5, 0.6) is 0 Å². The van der Waals surface area contributed by atoms with E-state index < -0.39 is 37.7 Å². The average molecular weight is 506 g/mol. The topological polar surface area (TPSA) is 95.9 Å². The number of para-hydroxylation sites is 1. The highest BCUT2D eigenvalue weighted by atomic mass is 32.2. The largest absolute Gasteiger partial charge is 0.283 e. The van der Waals surface area contributed by atoms with Gasteiger partial charge in [0.25, 0.3) is 10.0 Å². The number of hydrazone groups is 1. The van der Waals surface area contributed by atoms with E-state index in [-0.39, 0.29) is 34.0 Å². The molecule has 0 saturated carbocycles. The van der Waals surface area contributed by atoms with E-state index in [1.807, 2.05) is 0 Å². The van der Waals surface area contributed by atoms with Crippen molar-refractivity contribution in [3.05, 3.63) is 95.6 Å². The molecule has 34 heavy (non-hydrogen) atoms. The molecule has 1 aliphatic rings. The quantitative estimate of drug-likeness (QED) is 0.519. The predicted molar refractivity (Wildman–Crippen MR) is 125 cm³/mol. The van der Waals surface area contributed by atoms with Gasteiger partial charge in [-0.3, -0.25) is 4.72 Å². The van der Waals surface area contributed by atoms with Crippen molar-refractivity contribution in [3.8, 4) is 0 Å². The van der Waals surface area contributed by atoms with Crippen molar-refractivity contribution in [3.63, 3.8) is 0 Å². The predicted octanol–water partition coefficient (Wildman–Crippen LogP) is 4.27. The number of nitrogens with one attached hydrogen (secondary N) is 1. The van der Waals surface area contributed by atoms with E-state index in [4.69, 9.17) is 0 Å². The Morgan fingerprint density at radius 1 is 0.941 bits per heavy atom. The first-order valence-corrected chi connectivity index (χ1v) is 13.4. The number of hydrogen-bond donors (Lipinski definition) is 1. The van der Waals surface area contributed by atoms with Crippen molar-refractivity contribution < 1.29 is 25.6 Å². The van der Waals surface area contributed by atoms with Crippen LogP contribution < -0.4 is 4.72 Å². The lowest BCUT2D eigenvalue weighted by Crippen LogP contribution is -2.28. The summed E-state index contributed by atoms with van der Waals surface area (Å²) in [5.41, 5.74) is 0.973. The molecular formula is C23H21F2N3O4S2. The number of nitrogens with zero attached hydrogens (tertiary/aromatic N) is 2. The van der Waals surface area contributed by atoms with Gasteiger partial charge in [-0.15, -0.1) is 0 Å². The maximum absolute atomic E-state index is 14.7. The van der Waals surface area contributed by atoms with Crippen molar-refractivity contribution in [2.24, 2.45) is 5.10 Å². The van der Waals surface area contributed by atoms with E-state index in [1.54, 1.807) is 30.3 Å². The summed E-state index contributed by atoms with van der Waals surface area (Å²) in [5, 5.41) is 4.31. The maximum atomic E-state index is 14.7. The van der Waals surface area contributed by atoms with E-state index in [0.29, 0.717) is 5.56 Å². The summed E-state index contributed by atoms with van der Waals surface area (Å²) in [5.74, 6) is -1.37. The lowest BCUT2D eigenvalue weighted by molar-refractivity contribution is 0.362. The minimum Gasteiger partial charge on any atom is -0.283 e. The molecule has 0 bridgehead atoms. The monoisotopic (exact) mass is 505 g/mol. The first-order valence-electron chi connectivity index (χ1n) is 10.3. The molecule has 3 aromatic rings. The van der Waals surface area contributed by atoms with Crippen molar-refractivity contribution in [1.82, 2.24) is 4.41 Å². The van der Waals surface area contributed by atoms with Crippen LogP contribution in [0.1, 0.15) is 30.5 Å². The third kappa shape index (κ3) is 4.66. The molecule has 178 valence electrons. The Morgan fingerprint density at radius 3 is 2.26 bits per heavy atom. The van der Waals surface area contributed by atoms with Crippen LogP contribution in [0, 0.1) is 11.6 Å². The summed E-state index contributed by atoms with van der Waals surface area (Å²) >= 11 is 0. The molecule has 1 unspecified atom stereocenters. The highest BCUT2D eigenvalue weighted by Gasteiger charge is 2.39. The van der Waals surface area contributed by atoms with Gasteiger partial charge in [-0.1, -0.05) is 36.4 Å². The van der Waals surface area contributed by atoms with E-state index in [2.05, 4.69) is 9.82 Å². The molecule has 11 heteroatoms. The SMILES string of the molecule is CCS(=O)(=O)Nc1ccccc1C1=NN(S(=O)(=O)c2ccc(F)cc2)C(c2ccccc2F)C1. The Kier molecular flexibility index (Phi) is 6.41. The van der Waals surface area contributed by atoms with Gasteiger partial charge in [-0.05, 0) is 43.3 Å². The molecule has 1 heterocycles. The molecule has 1 aliphatic heterocycles. The first kappa shape index (κ1) is 23.8. The van der Waals surface area contributed by atoms with Gasteiger partial charge in [0.2, 0.25) is 10.0 Å². The Hall–Kier alpha value is -3.31. The van der Waals surface area contributed by atoms with Gasteiger partial charge in [-0.25, -0.2) is 17.2 Å². The number of benzene rings is 3. The van der Waals surface area contributed by atoms with E-state index in [0.717, 1.165) is 28.7 Å². The second-order valence-corrected chi connectivity index (χ2v) is 11.4. The zero-order chi connectivity index (χ0) is 24.5. The average Bonchev–Trinajstić information content (AvgIpc) is 3.26.